The first-order valence-corrected chi connectivity index (χ1v) is 7.97. The molecule has 0 aliphatic carbocycles. The normalized spacial score (nSPS) is 10.8. The molecule has 0 unspecified atom stereocenters. The molecule has 0 saturated carbocycles. The van der Waals surface area contributed by atoms with Gasteiger partial charge in [0.25, 0.3) is 5.22 Å². The van der Waals surface area contributed by atoms with Crippen molar-refractivity contribution in [2.45, 2.75) is 11.0 Å². The van der Waals surface area contributed by atoms with Crippen LogP contribution in [0.1, 0.15) is 5.89 Å². The summed E-state index contributed by atoms with van der Waals surface area (Å²) in [6.45, 7) is 0. The van der Waals surface area contributed by atoms with E-state index in [-0.39, 0.29) is 0 Å². The summed E-state index contributed by atoms with van der Waals surface area (Å²) in [6, 6.07) is 7.30. The SMILES string of the molecule is c1cncc(-c2nnc(SCc3nc(-c4ccncc4)no3)o2)c1. The van der Waals surface area contributed by atoms with E-state index >= 15 is 0 Å². The van der Waals surface area contributed by atoms with Gasteiger partial charge in [0, 0.05) is 30.4 Å². The molecule has 8 nitrogen and oxygen atoms in total. The molecule has 4 aromatic rings. The molecule has 24 heavy (non-hydrogen) atoms. The molecule has 0 atom stereocenters. The van der Waals surface area contributed by atoms with Gasteiger partial charge < -0.3 is 8.94 Å². The second kappa shape index (κ2) is 6.59. The van der Waals surface area contributed by atoms with Crippen molar-refractivity contribution in [3.63, 3.8) is 0 Å². The minimum Gasteiger partial charge on any atom is -0.411 e. The fraction of sp³-hybridized carbons (Fsp3) is 0.0667. The molecule has 4 heterocycles. The maximum Gasteiger partial charge on any atom is 0.277 e. The lowest BCUT2D eigenvalue weighted by atomic mass is 10.3. The second-order valence-electron chi connectivity index (χ2n) is 4.65. The van der Waals surface area contributed by atoms with Crippen molar-refractivity contribution in [2.24, 2.45) is 0 Å². The quantitative estimate of drug-likeness (QED) is 0.508. The highest BCUT2D eigenvalue weighted by atomic mass is 32.2. The molecule has 0 bridgehead atoms. The summed E-state index contributed by atoms with van der Waals surface area (Å²) in [5, 5.41) is 12.4. The van der Waals surface area contributed by atoms with E-state index in [1.807, 2.05) is 24.3 Å². The van der Waals surface area contributed by atoms with Crippen molar-refractivity contribution in [1.29, 1.82) is 0 Å². The fourth-order valence-corrected chi connectivity index (χ4v) is 2.53. The maximum atomic E-state index is 5.59. The summed E-state index contributed by atoms with van der Waals surface area (Å²) < 4.78 is 10.8. The zero-order valence-corrected chi connectivity index (χ0v) is 13.1. The molecule has 4 rings (SSSR count). The van der Waals surface area contributed by atoms with E-state index < -0.39 is 0 Å². The molecule has 0 N–H and O–H groups in total. The number of thioether (sulfide) groups is 1. The lowest BCUT2D eigenvalue weighted by Crippen LogP contribution is -1.83. The van der Waals surface area contributed by atoms with Gasteiger partial charge in [-0.2, -0.15) is 4.98 Å². The van der Waals surface area contributed by atoms with Crippen LogP contribution in [-0.2, 0) is 5.75 Å². The van der Waals surface area contributed by atoms with Crippen LogP contribution >= 0.6 is 11.8 Å². The third kappa shape index (κ3) is 3.15. The predicted molar refractivity (Wildman–Crippen MR) is 84.6 cm³/mol. The van der Waals surface area contributed by atoms with Crippen LogP contribution in [0.3, 0.4) is 0 Å². The van der Waals surface area contributed by atoms with Crippen molar-refractivity contribution in [1.82, 2.24) is 30.3 Å². The lowest BCUT2D eigenvalue weighted by Gasteiger charge is -1.92. The number of pyridine rings is 2. The first-order valence-electron chi connectivity index (χ1n) is 6.98. The van der Waals surface area contributed by atoms with Crippen LogP contribution in [0, 0.1) is 0 Å². The van der Waals surface area contributed by atoms with Crippen molar-refractivity contribution in [3.05, 3.63) is 54.9 Å². The molecule has 4 aromatic heterocycles. The van der Waals surface area contributed by atoms with E-state index in [0.717, 1.165) is 11.1 Å². The Kier molecular flexibility index (Phi) is 3.98. The van der Waals surface area contributed by atoms with Crippen LogP contribution in [0.25, 0.3) is 22.8 Å². The average Bonchev–Trinajstić information content (AvgIpc) is 3.31. The molecule has 0 aliphatic heterocycles. The summed E-state index contributed by atoms with van der Waals surface area (Å²) in [6.07, 6.45) is 6.71. The smallest absolute Gasteiger partial charge is 0.277 e. The van der Waals surface area contributed by atoms with E-state index in [1.165, 1.54) is 11.8 Å². The van der Waals surface area contributed by atoms with Crippen molar-refractivity contribution >= 4 is 11.8 Å². The second-order valence-corrected chi connectivity index (χ2v) is 5.58. The van der Waals surface area contributed by atoms with Gasteiger partial charge in [-0.25, -0.2) is 0 Å². The Bertz CT molecular complexity index is 848. The summed E-state index contributed by atoms with van der Waals surface area (Å²) in [5.41, 5.74) is 1.62. The lowest BCUT2D eigenvalue weighted by molar-refractivity contribution is 0.391. The van der Waals surface area contributed by atoms with Gasteiger partial charge in [0.2, 0.25) is 17.6 Å². The standard InChI is InChI=1S/C15H10N6O2S/c1-2-11(8-17-5-1)14-19-20-15(22-14)24-9-12-18-13(21-23-12)10-3-6-16-7-4-10/h1-8H,9H2. The average molecular weight is 338 g/mol. The number of hydrogen-bond acceptors (Lipinski definition) is 9. The van der Waals surface area contributed by atoms with Crippen LogP contribution < -0.4 is 0 Å². The zero-order valence-electron chi connectivity index (χ0n) is 12.2. The summed E-state index contributed by atoms with van der Waals surface area (Å²) in [7, 11) is 0. The number of hydrogen-bond donors (Lipinski definition) is 0. The molecule has 0 radical (unpaired) electrons. The molecule has 118 valence electrons. The van der Waals surface area contributed by atoms with Crippen molar-refractivity contribution in [2.75, 3.05) is 0 Å². The first kappa shape index (κ1) is 14.5. The topological polar surface area (TPSA) is 104 Å². The Morgan fingerprint density at radius 1 is 0.958 bits per heavy atom. The first-order chi connectivity index (χ1) is 11.9. The maximum absolute atomic E-state index is 5.59. The van der Waals surface area contributed by atoms with Gasteiger partial charge in [-0.05, 0) is 24.3 Å². The van der Waals surface area contributed by atoms with Gasteiger partial charge in [0.15, 0.2) is 0 Å². The predicted octanol–water partition coefficient (Wildman–Crippen LogP) is 2.87. The van der Waals surface area contributed by atoms with Crippen LogP contribution in [-0.4, -0.2) is 30.3 Å². The summed E-state index contributed by atoms with van der Waals surface area (Å²) in [4.78, 5) is 12.3. The van der Waals surface area contributed by atoms with Gasteiger partial charge in [-0.15, -0.1) is 10.2 Å². The third-order valence-electron chi connectivity index (χ3n) is 3.04. The molecule has 0 saturated heterocycles. The van der Waals surface area contributed by atoms with Crippen LogP contribution in [0.15, 0.2) is 63.2 Å². The van der Waals surface area contributed by atoms with Crippen LogP contribution in [0.5, 0.6) is 0 Å². The third-order valence-corrected chi connectivity index (χ3v) is 3.84. The monoisotopic (exact) mass is 338 g/mol. The summed E-state index contributed by atoms with van der Waals surface area (Å²) >= 11 is 1.33. The zero-order chi connectivity index (χ0) is 16.2. The van der Waals surface area contributed by atoms with E-state index in [0.29, 0.717) is 28.6 Å². The Hall–Kier alpha value is -3.07. The van der Waals surface area contributed by atoms with Crippen LogP contribution in [0.2, 0.25) is 0 Å². The van der Waals surface area contributed by atoms with E-state index in [1.54, 1.807) is 24.8 Å². The minimum absolute atomic E-state index is 0.425. The van der Waals surface area contributed by atoms with E-state index in [2.05, 4.69) is 30.3 Å². The number of rotatable bonds is 5. The molecule has 0 fully saturated rings. The summed E-state index contributed by atoms with van der Waals surface area (Å²) in [5.74, 6) is 1.86. The Morgan fingerprint density at radius 2 is 1.88 bits per heavy atom. The Morgan fingerprint density at radius 3 is 2.71 bits per heavy atom. The molecular weight excluding hydrogens is 328 g/mol. The molecular formula is C15H10N6O2S. The van der Waals surface area contributed by atoms with Crippen molar-refractivity contribution in [3.8, 4) is 22.8 Å². The Labute approximate surface area is 140 Å². The highest BCUT2D eigenvalue weighted by molar-refractivity contribution is 7.98. The highest BCUT2D eigenvalue weighted by Crippen LogP contribution is 2.25. The highest BCUT2D eigenvalue weighted by Gasteiger charge is 2.13. The molecule has 0 aliphatic rings. The van der Waals surface area contributed by atoms with Gasteiger partial charge >= 0.3 is 0 Å². The van der Waals surface area contributed by atoms with Crippen LogP contribution in [0.4, 0.5) is 0 Å². The number of aromatic nitrogens is 6. The van der Waals surface area contributed by atoms with Crippen molar-refractivity contribution < 1.29 is 8.94 Å². The molecule has 0 amide bonds. The molecule has 0 spiro atoms. The largest absolute Gasteiger partial charge is 0.411 e. The number of nitrogens with zero attached hydrogens (tertiary/aromatic N) is 6. The van der Waals surface area contributed by atoms with Gasteiger partial charge in [0.05, 0.1) is 11.3 Å². The van der Waals surface area contributed by atoms with Gasteiger partial charge in [-0.1, -0.05) is 16.9 Å². The minimum atomic E-state index is 0.425. The van der Waals surface area contributed by atoms with E-state index in [9.17, 15) is 0 Å². The fourth-order valence-electron chi connectivity index (χ4n) is 1.93. The molecule has 0 aromatic carbocycles. The van der Waals surface area contributed by atoms with E-state index in [4.69, 9.17) is 8.94 Å². The molecule has 9 heteroatoms. The van der Waals surface area contributed by atoms with Gasteiger partial charge in [-0.3, -0.25) is 9.97 Å². The Balaban J connectivity index is 1.43. The van der Waals surface area contributed by atoms with Gasteiger partial charge in [0.1, 0.15) is 0 Å².